The smallest absolute Gasteiger partial charge is 0.0207 e. The highest BCUT2D eigenvalue weighted by Crippen LogP contribution is 2.21. The zero-order valence-electron chi connectivity index (χ0n) is 7.52. The van der Waals surface area contributed by atoms with E-state index in [2.05, 4.69) is 48.8 Å². The van der Waals surface area contributed by atoms with Gasteiger partial charge in [-0.25, -0.2) is 0 Å². The third-order valence-electron chi connectivity index (χ3n) is 1.65. The summed E-state index contributed by atoms with van der Waals surface area (Å²) in [5.74, 6) is 1.42. The van der Waals surface area contributed by atoms with Crippen molar-refractivity contribution in [2.75, 3.05) is 0 Å². The molecule has 0 fully saturated rings. The van der Waals surface area contributed by atoms with Crippen molar-refractivity contribution in [2.24, 2.45) is 0 Å². The zero-order valence-corrected chi connectivity index (χ0v) is 9.11. The first-order valence-electron chi connectivity index (χ1n) is 3.99. The lowest BCUT2D eigenvalue weighted by atomic mass is 10.0. The van der Waals surface area contributed by atoms with Crippen LogP contribution in [0.25, 0.3) is 0 Å². The van der Waals surface area contributed by atoms with Crippen LogP contribution in [-0.2, 0) is 6.42 Å². The molecule has 0 saturated heterocycles. The minimum atomic E-state index is 1.03. The van der Waals surface area contributed by atoms with Crippen LogP contribution in [0.4, 0.5) is 0 Å². The summed E-state index contributed by atoms with van der Waals surface area (Å²) >= 11 is 3.52. The van der Waals surface area contributed by atoms with Gasteiger partial charge in [0.1, 0.15) is 0 Å². The highest BCUT2D eigenvalue weighted by molar-refractivity contribution is 9.10. The Bertz CT molecular complexity index is 264. The molecule has 0 saturated carbocycles. The van der Waals surface area contributed by atoms with Crippen LogP contribution < -0.4 is 0 Å². The molecule has 0 nitrogen and oxygen atoms in total. The van der Waals surface area contributed by atoms with E-state index in [1.807, 2.05) is 6.07 Å². The Morgan fingerprint density at radius 1 is 1.42 bits per heavy atom. The highest BCUT2D eigenvalue weighted by atomic mass is 79.9. The van der Waals surface area contributed by atoms with Crippen molar-refractivity contribution in [3.63, 3.8) is 0 Å². The molecule has 1 aromatic rings. The van der Waals surface area contributed by atoms with Gasteiger partial charge >= 0.3 is 0 Å². The van der Waals surface area contributed by atoms with Gasteiger partial charge in [-0.15, -0.1) is 0 Å². The van der Waals surface area contributed by atoms with Gasteiger partial charge in [0.05, 0.1) is 0 Å². The van der Waals surface area contributed by atoms with Gasteiger partial charge in [0, 0.05) is 4.47 Å². The van der Waals surface area contributed by atoms with Gasteiger partial charge in [-0.1, -0.05) is 41.9 Å². The maximum atomic E-state index is 3.90. The molecular formula is C11H13Br. The van der Waals surface area contributed by atoms with Crippen LogP contribution in [0.15, 0.2) is 22.7 Å². The Hall–Kier alpha value is -0.300. The molecule has 0 amide bonds. The van der Waals surface area contributed by atoms with Crippen LogP contribution in [0.3, 0.4) is 0 Å². The van der Waals surface area contributed by atoms with Gasteiger partial charge in [0.2, 0.25) is 0 Å². The molecule has 0 heterocycles. The lowest BCUT2D eigenvalue weighted by Crippen LogP contribution is -1.93. The Balaban J connectivity index is 2.90. The molecule has 64 valence electrons. The van der Waals surface area contributed by atoms with E-state index in [9.17, 15) is 0 Å². The van der Waals surface area contributed by atoms with E-state index < -0.39 is 0 Å². The average Bonchev–Trinajstić information content (AvgIpc) is 1.96. The van der Waals surface area contributed by atoms with Crippen molar-refractivity contribution >= 4 is 15.9 Å². The van der Waals surface area contributed by atoms with Gasteiger partial charge in [-0.05, 0) is 36.5 Å². The maximum Gasteiger partial charge on any atom is 0.0207 e. The molecule has 0 aliphatic carbocycles. The third kappa shape index (κ3) is 2.63. The van der Waals surface area contributed by atoms with E-state index in [1.165, 1.54) is 16.0 Å². The second-order valence-electron chi connectivity index (χ2n) is 3.31. The van der Waals surface area contributed by atoms with Gasteiger partial charge in [0.15, 0.2) is 0 Å². The van der Waals surface area contributed by atoms with E-state index in [-0.39, 0.29) is 0 Å². The lowest BCUT2D eigenvalue weighted by Gasteiger charge is -2.07. The average molecular weight is 225 g/mol. The molecule has 1 rings (SSSR count). The monoisotopic (exact) mass is 224 g/mol. The summed E-state index contributed by atoms with van der Waals surface area (Å²) in [5.41, 5.74) is 2.40. The molecule has 0 unspecified atom stereocenters. The summed E-state index contributed by atoms with van der Waals surface area (Å²) < 4.78 is 1.18. The normalized spacial score (nSPS) is 10.8. The molecule has 0 bridgehead atoms. The largest absolute Gasteiger partial charge is 0.0591 e. The van der Waals surface area contributed by atoms with E-state index in [0.717, 1.165) is 12.0 Å². The standard InChI is InChI=1S/C11H13Br/c1-8(2)6-10-7-9(3)4-5-11(10)12/h4-5,7H,3,6H2,1-2H3. The second-order valence-corrected chi connectivity index (χ2v) is 4.16. The first-order valence-corrected chi connectivity index (χ1v) is 4.78. The fourth-order valence-corrected chi connectivity index (χ4v) is 1.53. The first kappa shape index (κ1) is 9.79. The van der Waals surface area contributed by atoms with E-state index in [4.69, 9.17) is 0 Å². The van der Waals surface area contributed by atoms with Crippen LogP contribution in [0.1, 0.15) is 25.0 Å². The molecule has 0 spiro atoms. The van der Waals surface area contributed by atoms with Crippen LogP contribution >= 0.6 is 15.9 Å². The molecule has 0 aliphatic rings. The molecule has 12 heavy (non-hydrogen) atoms. The minimum Gasteiger partial charge on any atom is -0.0591 e. The van der Waals surface area contributed by atoms with Crippen molar-refractivity contribution in [3.8, 4) is 0 Å². The lowest BCUT2D eigenvalue weighted by molar-refractivity contribution is 0.951. The van der Waals surface area contributed by atoms with Crippen LogP contribution in [-0.4, -0.2) is 0 Å². The summed E-state index contributed by atoms with van der Waals surface area (Å²) in [6, 6.07) is 6.19. The molecular weight excluding hydrogens is 212 g/mol. The number of benzene rings is 1. The fraction of sp³-hybridized carbons (Fsp3) is 0.273. The van der Waals surface area contributed by atoms with Gasteiger partial charge < -0.3 is 0 Å². The second kappa shape index (κ2) is 4.08. The third-order valence-corrected chi connectivity index (χ3v) is 2.43. The molecule has 2 radical (unpaired) electrons. The van der Waals surface area contributed by atoms with Crippen molar-refractivity contribution in [2.45, 2.75) is 20.3 Å². The zero-order chi connectivity index (χ0) is 9.14. The fourth-order valence-electron chi connectivity index (χ4n) is 1.14. The Morgan fingerprint density at radius 2 is 2.08 bits per heavy atom. The molecule has 0 aliphatic heterocycles. The number of hydrogen-bond acceptors (Lipinski definition) is 0. The summed E-state index contributed by atoms with van der Waals surface area (Å²) in [6.07, 6.45) is 1.03. The van der Waals surface area contributed by atoms with Crippen LogP contribution in [0.5, 0.6) is 0 Å². The molecule has 0 atom stereocenters. The Morgan fingerprint density at radius 3 is 2.67 bits per heavy atom. The highest BCUT2D eigenvalue weighted by Gasteiger charge is 2.02. The van der Waals surface area contributed by atoms with Gasteiger partial charge in [-0.2, -0.15) is 0 Å². The van der Waals surface area contributed by atoms with Crippen LogP contribution in [0.2, 0.25) is 0 Å². The number of hydrogen-bond donors (Lipinski definition) is 0. The summed E-state index contributed by atoms with van der Waals surface area (Å²) in [5, 5.41) is 0. The number of rotatable bonds is 2. The number of halogens is 1. The van der Waals surface area contributed by atoms with E-state index >= 15 is 0 Å². The summed E-state index contributed by atoms with van der Waals surface area (Å²) in [7, 11) is 0. The first-order chi connectivity index (χ1) is 5.59. The predicted molar refractivity (Wildman–Crippen MR) is 56.9 cm³/mol. The quantitative estimate of drug-likeness (QED) is 0.718. The summed E-state index contributed by atoms with van der Waals surface area (Å²) in [6.45, 7) is 8.18. The van der Waals surface area contributed by atoms with E-state index in [1.54, 1.807) is 0 Å². The van der Waals surface area contributed by atoms with Gasteiger partial charge in [-0.3, -0.25) is 0 Å². The van der Waals surface area contributed by atoms with Crippen LogP contribution in [0, 0.1) is 12.8 Å². The SMILES string of the molecule is [CH2]c1ccc(Br)c(C[C](C)C)c1. The van der Waals surface area contributed by atoms with E-state index in [0.29, 0.717) is 0 Å². The predicted octanol–water partition coefficient (Wildman–Crippen LogP) is 3.79. The van der Waals surface area contributed by atoms with Crippen molar-refractivity contribution < 1.29 is 0 Å². The molecule has 1 aromatic carbocycles. The Labute approximate surface area is 83.1 Å². The summed E-state index contributed by atoms with van der Waals surface area (Å²) in [4.78, 5) is 0. The Kier molecular flexibility index (Phi) is 3.33. The topological polar surface area (TPSA) is 0 Å². The minimum absolute atomic E-state index is 1.03. The van der Waals surface area contributed by atoms with Crippen molar-refractivity contribution in [1.29, 1.82) is 0 Å². The molecule has 0 N–H and O–H groups in total. The molecule has 1 heteroatoms. The van der Waals surface area contributed by atoms with Crippen molar-refractivity contribution in [1.82, 2.24) is 0 Å². The maximum absolute atomic E-state index is 3.90. The van der Waals surface area contributed by atoms with Gasteiger partial charge in [0.25, 0.3) is 0 Å². The van der Waals surface area contributed by atoms with Crippen molar-refractivity contribution in [3.05, 3.63) is 46.6 Å². The molecule has 0 aromatic heterocycles.